The highest BCUT2D eigenvalue weighted by molar-refractivity contribution is 7.90. The summed E-state index contributed by atoms with van der Waals surface area (Å²) in [6.07, 6.45) is 0.461. The summed E-state index contributed by atoms with van der Waals surface area (Å²) in [4.78, 5) is 16.1. The molecule has 1 saturated heterocycles. The Morgan fingerprint density at radius 1 is 1.46 bits per heavy atom. The lowest BCUT2D eigenvalue weighted by molar-refractivity contribution is 0.0600. The third-order valence-corrected chi connectivity index (χ3v) is 4.33. The molecule has 0 spiro atoms. The second kappa shape index (κ2) is 7.20. The maximum absolute atomic E-state index is 12.0. The van der Waals surface area contributed by atoms with E-state index in [9.17, 15) is 13.2 Å². The number of pyridine rings is 1. The van der Waals surface area contributed by atoms with Crippen LogP contribution in [0.1, 0.15) is 16.8 Å². The Balaban J connectivity index is 2.52. The Bertz CT molecular complexity index is 717. The molecule has 24 heavy (non-hydrogen) atoms. The molecule has 134 valence electrons. The van der Waals surface area contributed by atoms with Gasteiger partial charge in [0.15, 0.2) is 11.6 Å². The minimum absolute atomic E-state index is 0.0139. The van der Waals surface area contributed by atoms with Gasteiger partial charge in [0, 0.05) is 19.5 Å². The molecule has 1 aliphatic heterocycles. The van der Waals surface area contributed by atoms with Gasteiger partial charge in [0.2, 0.25) is 0 Å². The first-order chi connectivity index (χ1) is 11.3. The summed E-state index contributed by atoms with van der Waals surface area (Å²) in [6.45, 7) is 0.964. The van der Waals surface area contributed by atoms with Crippen LogP contribution in [0, 0.1) is 0 Å². The van der Waals surface area contributed by atoms with Gasteiger partial charge in [-0.2, -0.15) is 13.4 Å². The minimum Gasteiger partial charge on any atom is -0.482 e. The molecule has 11 heteroatoms. The van der Waals surface area contributed by atoms with Crippen LogP contribution in [-0.2, 0) is 19.7 Å². The van der Waals surface area contributed by atoms with E-state index in [-0.39, 0.29) is 29.1 Å². The molecule has 2 heterocycles. The molecule has 0 radical (unpaired) electrons. The highest BCUT2D eigenvalue weighted by atomic mass is 32.2. The summed E-state index contributed by atoms with van der Waals surface area (Å²) in [7, 11) is -0.461. The first-order valence-corrected chi connectivity index (χ1v) is 8.46. The lowest BCUT2D eigenvalue weighted by Gasteiger charge is -2.21. The van der Waals surface area contributed by atoms with Crippen molar-refractivity contribution in [1.82, 2.24) is 4.98 Å². The van der Waals surface area contributed by atoms with Crippen molar-refractivity contribution >= 4 is 22.0 Å². The van der Waals surface area contributed by atoms with E-state index in [1.165, 1.54) is 20.3 Å². The number of carbonyl (C=O) groups excluding carboxylic acids is 1. The van der Waals surface area contributed by atoms with Gasteiger partial charge in [0.05, 0.1) is 27.4 Å². The predicted octanol–water partition coefficient (Wildman–Crippen LogP) is -0.316. The second-order valence-electron chi connectivity index (χ2n) is 4.97. The molecule has 2 rings (SSSR count). The van der Waals surface area contributed by atoms with Gasteiger partial charge in [-0.3, -0.25) is 0 Å². The zero-order valence-corrected chi connectivity index (χ0v) is 14.3. The lowest BCUT2D eigenvalue weighted by Crippen LogP contribution is -2.35. The number of methoxy groups -OCH3 is 2. The molecule has 1 unspecified atom stereocenters. The number of carbonyl (C=O) groups is 1. The van der Waals surface area contributed by atoms with E-state index < -0.39 is 16.2 Å². The Kier molecular flexibility index (Phi) is 5.47. The number of nitrogens with two attached hydrogens (primary N) is 1. The van der Waals surface area contributed by atoms with E-state index >= 15 is 0 Å². The van der Waals surface area contributed by atoms with Crippen molar-refractivity contribution in [2.45, 2.75) is 12.5 Å². The quantitative estimate of drug-likeness (QED) is 0.683. The Hall–Kier alpha value is -2.11. The third kappa shape index (κ3) is 3.86. The predicted molar refractivity (Wildman–Crippen MR) is 83.5 cm³/mol. The third-order valence-electron chi connectivity index (χ3n) is 3.39. The number of esters is 1. The average molecular weight is 361 g/mol. The van der Waals surface area contributed by atoms with Crippen molar-refractivity contribution in [2.24, 2.45) is 5.14 Å². The summed E-state index contributed by atoms with van der Waals surface area (Å²) in [6, 6.07) is 1.31. The van der Waals surface area contributed by atoms with Crippen LogP contribution in [0.3, 0.4) is 0 Å². The Morgan fingerprint density at radius 2 is 2.17 bits per heavy atom. The van der Waals surface area contributed by atoms with Crippen molar-refractivity contribution in [3.05, 3.63) is 11.6 Å². The molecule has 2 N–H and O–H groups in total. The summed E-state index contributed by atoms with van der Waals surface area (Å²) in [5.41, 5.74) is -0.122. The highest BCUT2D eigenvalue weighted by Gasteiger charge is 2.28. The molecule has 1 aliphatic rings. The number of anilines is 1. The molecule has 1 atom stereocenters. The van der Waals surface area contributed by atoms with Gasteiger partial charge >= 0.3 is 5.97 Å². The molecule has 10 nitrogen and oxygen atoms in total. The van der Waals surface area contributed by atoms with Crippen LogP contribution in [0.4, 0.5) is 5.82 Å². The fourth-order valence-corrected chi connectivity index (χ4v) is 2.49. The number of hydrogen-bond donors (Lipinski definition) is 1. The maximum atomic E-state index is 12.0. The van der Waals surface area contributed by atoms with E-state index in [0.717, 1.165) is 7.05 Å². The van der Waals surface area contributed by atoms with Crippen LogP contribution in [0.5, 0.6) is 11.6 Å². The molecule has 1 fully saturated rings. The van der Waals surface area contributed by atoms with Gasteiger partial charge in [-0.05, 0) is 0 Å². The summed E-state index contributed by atoms with van der Waals surface area (Å²) < 4.78 is 44.6. The maximum Gasteiger partial charge on any atom is 0.341 e. The standard InChI is InChI=1S/C13H19N3O7S/c1-16(24(14,18)19)11-9(13(17)21-3)6-10(12(15-11)20-2)23-8-4-5-22-7-8/h6,8H,4-5,7H2,1-3H3,(H2,14,18,19). The zero-order valence-electron chi connectivity index (χ0n) is 13.5. The van der Waals surface area contributed by atoms with Crippen LogP contribution >= 0.6 is 0 Å². The van der Waals surface area contributed by atoms with Gasteiger partial charge in [0.25, 0.3) is 16.1 Å². The Morgan fingerprint density at radius 3 is 2.67 bits per heavy atom. The normalized spacial score (nSPS) is 17.4. The topological polar surface area (TPSA) is 130 Å². The number of aromatic nitrogens is 1. The first kappa shape index (κ1) is 18.2. The average Bonchev–Trinajstić information content (AvgIpc) is 3.05. The van der Waals surface area contributed by atoms with Crippen molar-refractivity contribution < 1.29 is 32.2 Å². The summed E-state index contributed by atoms with van der Waals surface area (Å²) in [5.74, 6) is -0.820. The van der Waals surface area contributed by atoms with Gasteiger partial charge in [-0.25, -0.2) is 14.2 Å². The van der Waals surface area contributed by atoms with Gasteiger partial charge < -0.3 is 18.9 Å². The van der Waals surface area contributed by atoms with E-state index in [1.54, 1.807) is 0 Å². The van der Waals surface area contributed by atoms with Crippen molar-refractivity contribution in [3.63, 3.8) is 0 Å². The zero-order chi connectivity index (χ0) is 17.9. The smallest absolute Gasteiger partial charge is 0.341 e. The monoisotopic (exact) mass is 361 g/mol. The minimum atomic E-state index is -4.13. The van der Waals surface area contributed by atoms with Crippen LogP contribution in [0.15, 0.2) is 6.07 Å². The molecular weight excluding hydrogens is 342 g/mol. The van der Waals surface area contributed by atoms with Crippen molar-refractivity contribution in [2.75, 3.05) is 38.8 Å². The molecule has 0 aromatic carbocycles. The SMILES string of the molecule is COC(=O)c1cc(OC2CCOC2)c(OC)nc1N(C)S(N)(=O)=O. The molecule has 1 aromatic heterocycles. The molecule has 1 aromatic rings. The van der Waals surface area contributed by atoms with E-state index in [0.29, 0.717) is 23.9 Å². The molecule has 0 saturated carbocycles. The van der Waals surface area contributed by atoms with Crippen LogP contribution in [0.2, 0.25) is 0 Å². The molecule has 0 bridgehead atoms. The van der Waals surface area contributed by atoms with Gasteiger partial charge in [-0.15, -0.1) is 0 Å². The van der Waals surface area contributed by atoms with Crippen LogP contribution in [0.25, 0.3) is 0 Å². The van der Waals surface area contributed by atoms with Gasteiger partial charge in [-0.1, -0.05) is 0 Å². The Labute approximate surface area is 139 Å². The van der Waals surface area contributed by atoms with E-state index in [2.05, 4.69) is 9.72 Å². The summed E-state index contributed by atoms with van der Waals surface area (Å²) in [5, 5.41) is 5.10. The largest absolute Gasteiger partial charge is 0.482 e. The molecular formula is C13H19N3O7S. The number of hydrogen-bond acceptors (Lipinski definition) is 8. The fraction of sp³-hybridized carbons (Fsp3) is 0.538. The van der Waals surface area contributed by atoms with Crippen molar-refractivity contribution in [3.8, 4) is 11.6 Å². The number of ether oxygens (including phenoxy) is 4. The fourth-order valence-electron chi connectivity index (χ4n) is 2.11. The lowest BCUT2D eigenvalue weighted by atomic mass is 10.2. The van der Waals surface area contributed by atoms with Crippen LogP contribution < -0.4 is 18.9 Å². The second-order valence-corrected chi connectivity index (χ2v) is 6.55. The molecule has 0 amide bonds. The van der Waals surface area contributed by atoms with E-state index in [1.807, 2.05) is 0 Å². The molecule has 0 aliphatic carbocycles. The van der Waals surface area contributed by atoms with E-state index in [4.69, 9.17) is 19.3 Å². The first-order valence-electron chi connectivity index (χ1n) is 6.96. The van der Waals surface area contributed by atoms with Crippen molar-refractivity contribution in [1.29, 1.82) is 0 Å². The van der Waals surface area contributed by atoms with Crippen LogP contribution in [-0.4, -0.2) is 60.0 Å². The number of nitrogens with zero attached hydrogens (tertiary/aromatic N) is 2. The highest BCUT2D eigenvalue weighted by Crippen LogP contribution is 2.33. The summed E-state index contributed by atoms with van der Waals surface area (Å²) >= 11 is 0. The van der Waals surface area contributed by atoms with Gasteiger partial charge in [0.1, 0.15) is 11.7 Å². The number of rotatable bonds is 6.